The van der Waals surface area contributed by atoms with Crippen molar-refractivity contribution in [3.8, 4) is 16.9 Å². The van der Waals surface area contributed by atoms with Gasteiger partial charge in [0, 0.05) is 22.2 Å². The molecule has 0 aliphatic heterocycles. The van der Waals surface area contributed by atoms with E-state index in [9.17, 15) is 14.7 Å². The van der Waals surface area contributed by atoms with Gasteiger partial charge in [-0.3, -0.25) is 9.59 Å². The average molecular weight is 396 g/mol. The Labute approximate surface area is 166 Å². The lowest BCUT2D eigenvalue weighted by Gasteiger charge is -2.18. The number of aryl methyl sites for hydroxylation is 1. The lowest BCUT2D eigenvalue weighted by Crippen LogP contribution is -2.12. The molecule has 7 heteroatoms. The predicted molar refractivity (Wildman–Crippen MR) is 108 cm³/mol. The summed E-state index contributed by atoms with van der Waals surface area (Å²) in [6.45, 7) is 1.93. The summed E-state index contributed by atoms with van der Waals surface area (Å²) in [7, 11) is 1.54. The standard InChI is InChI=1S/C21H20N2O4S/c1-12-11-23-21(28-12)17(10-19(24)25)16-9-13(7-8-18(16)27-2)14-5-3-4-6-15(14)20(22)26/h3-9,11,17H,10H2,1-2H3,(H2,22,26)(H,24,25). The molecule has 0 fully saturated rings. The van der Waals surface area contributed by atoms with Crippen LogP contribution in [-0.4, -0.2) is 29.1 Å². The number of thiazole rings is 1. The second-order valence-corrected chi connectivity index (χ2v) is 7.59. The van der Waals surface area contributed by atoms with Gasteiger partial charge >= 0.3 is 5.97 Å². The minimum Gasteiger partial charge on any atom is -0.496 e. The Kier molecular flexibility index (Phi) is 5.75. The molecule has 0 aliphatic carbocycles. The molecule has 3 aromatic rings. The Morgan fingerprint density at radius 2 is 2.00 bits per heavy atom. The second kappa shape index (κ2) is 8.22. The number of benzene rings is 2. The molecule has 1 aromatic heterocycles. The van der Waals surface area contributed by atoms with Crippen LogP contribution in [0.15, 0.2) is 48.7 Å². The van der Waals surface area contributed by atoms with Gasteiger partial charge in [-0.05, 0) is 36.2 Å². The SMILES string of the molecule is COc1ccc(-c2ccccc2C(N)=O)cc1C(CC(=O)O)c1ncc(C)s1. The number of amides is 1. The smallest absolute Gasteiger partial charge is 0.304 e. The molecule has 0 saturated carbocycles. The number of carboxylic acid groups (broad SMARTS) is 1. The normalized spacial score (nSPS) is 11.8. The number of hydrogen-bond donors (Lipinski definition) is 2. The summed E-state index contributed by atoms with van der Waals surface area (Å²) in [5.41, 5.74) is 8.06. The van der Waals surface area contributed by atoms with Gasteiger partial charge in [0.15, 0.2) is 0 Å². The lowest BCUT2D eigenvalue weighted by molar-refractivity contribution is -0.137. The highest BCUT2D eigenvalue weighted by molar-refractivity contribution is 7.11. The Hall–Kier alpha value is -3.19. The summed E-state index contributed by atoms with van der Waals surface area (Å²) in [4.78, 5) is 28.7. The van der Waals surface area contributed by atoms with Crippen molar-refractivity contribution in [3.63, 3.8) is 0 Å². The van der Waals surface area contributed by atoms with E-state index in [1.807, 2.05) is 31.2 Å². The number of nitrogens with zero attached hydrogens (tertiary/aromatic N) is 1. The fourth-order valence-corrected chi connectivity index (χ4v) is 4.06. The minimum absolute atomic E-state index is 0.121. The monoisotopic (exact) mass is 396 g/mol. The molecule has 0 spiro atoms. The molecule has 28 heavy (non-hydrogen) atoms. The van der Waals surface area contributed by atoms with Crippen molar-refractivity contribution in [1.29, 1.82) is 0 Å². The molecule has 1 amide bonds. The first-order valence-corrected chi connectivity index (χ1v) is 9.43. The second-order valence-electron chi connectivity index (χ2n) is 6.33. The first kappa shape index (κ1) is 19.6. The van der Waals surface area contributed by atoms with Gasteiger partial charge in [-0.1, -0.05) is 24.3 Å². The molecular weight excluding hydrogens is 376 g/mol. The van der Waals surface area contributed by atoms with Crippen molar-refractivity contribution in [2.24, 2.45) is 5.73 Å². The van der Waals surface area contributed by atoms with Crippen LogP contribution in [0.2, 0.25) is 0 Å². The van der Waals surface area contributed by atoms with Crippen LogP contribution in [0.3, 0.4) is 0 Å². The van der Waals surface area contributed by atoms with Crippen LogP contribution >= 0.6 is 11.3 Å². The van der Waals surface area contributed by atoms with E-state index in [0.29, 0.717) is 27.4 Å². The molecule has 6 nitrogen and oxygen atoms in total. The molecule has 0 aliphatic rings. The molecule has 2 aromatic carbocycles. The summed E-state index contributed by atoms with van der Waals surface area (Å²) in [5.74, 6) is -1.35. The van der Waals surface area contributed by atoms with Crippen molar-refractivity contribution in [2.45, 2.75) is 19.3 Å². The third kappa shape index (κ3) is 4.04. The van der Waals surface area contributed by atoms with Crippen molar-refractivity contribution in [2.75, 3.05) is 7.11 Å². The molecule has 144 valence electrons. The first-order chi connectivity index (χ1) is 13.4. The predicted octanol–water partition coefficient (Wildman–Crippen LogP) is 3.83. The Morgan fingerprint density at radius 3 is 2.61 bits per heavy atom. The fourth-order valence-electron chi connectivity index (χ4n) is 3.16. The third-order valence-corrected chi connectivity index (χ3v) is 5.45. The molecule has 3 rings (SSSR count). The van der Waals surface area contributed by atoms with E-state index >= 15 is 0 Å². The van der Waals surface area contributed by atoms with Crippen molar-refractivity contribution >= 4 is 23.2 Å². The molecule has 0 bridgehead atoms. The number of ether oxygens (including phenoxy) is 1. The average Bonchev–Trinajstić information content (AvgIpc) is 3.11. The van der Waals surface area contributed by atoms with Gasteiger partial charge in [0.05, 0.1) is 19.4 Å². The van der Waals surface area contributed by atoms with E-state index in [1.54, 1.807) is 31.5 Å². The zero-order valence-electron chi connectivity index (χ0n) is 15.5. The van der Waals surface area contributed by atoms with E-state index in [4.69, 9.17) is 10.5 Å². The molecule has 1 atom stereocenters. The summed E-state index contributed by atoms with van der Waals surface area (Å²) in [5, 5.41) is 10.2. The molecular formula is C21H20N2O4S. The van der Waals surface area contributed by atoms with E-state index < -0.39 is 17.8 Å². The number of carbonyl (C=O) groups is 2. The maximum absolute atomic E-state index is 11.8. The lowest BCUT2D eigenvalue weighted by atomic mass is 9.90. The van der Waals surface area contributed by atoms with E-state index in [0.717, 1.165) is 10.4 Å². The van der Waals surface area contributed by atoms with E-state index in [1.165, 1.54) is 11.3 Å². The van der Waals surface area contributed by atoms with Gasteiger partial charge < -0.3 is 15.6 Å². The van der Waals surface area contributed by atoms with Crippen LogP contribution in [0.1, 0.15) is 38.1 Å². The molecule has 0 saturated heterocycles. The minimum atomic E-state index is -0.928. The first-order valence-electron chi connectivity index (χ1n) is 8.62. The highest BCUT2D eigenvalue weighted by Crippen LogP contribution is 2.39. The number of nitrogens with two attached hydrogens (primary N) is 1. The number of aromatic nitrogens is 1. The van der Waals surface area contributed by atoms with Crippen LogP contribution < -0.4 is 10.5 Å². The summed E-state index contributed by atoms with van der Waals surface area (Å²) < 4.78 is 5.50. The Morgan fingerprint density at radius 1 is 1.25 bits per heavy atom. The van der Waals surface area contributed by atoms with Gasteiger partial charge in [0.25, 0.3) is 0 Å². The number of rotatable bonds is 7. The number of methoxy groups -OCH3 is 1. The number of primary amides is 1. The topological polar surface area (TPSA) is 103 Å². The fraction of sp³-hybridized carbons (Fsp3) is 0.190. The van der Waals surface area contributed by atoms with Crippen LogP contribution in [0.25, 0.3) is 11.1 Å². The van der Waals surface area contributed by atoms with Crippen molar-refractivity contribution < 1.29 is 19.4 Å². The van der Waals surface area contributed by atoms with Crippen molar-refractivity contribution in [1.82, 2.24) is 4.98 Å². The molecule has 1 unspecified atom stereocenters. The zero-order valence-corrected chi connectivity index (χ0v) is 16.3. The maximum Gasteiger partial charge on any atom is 0.304 e. The summed E-state index contributed by atoms with van der Waals surface area (Å²) in [6, 6.07) is 12.5. The van der Waals surface area contributed by atoms with Gasteiger partial charge in [-0.2, -0.15) is 0 Å². The summed E-state index contributed by atoms with van der Waals surface area (Å²) >= 11 is 1.46. The number of hydrogen-bond acceptors (Lipinski definition) is 5. The third-order valence-electron chi connectivity index (χ3n) is 4.42. The van der Waals surface area contributed by atoms with Crippen LogP contribution in [0.5, 0.6) is 5.75 Å². The largest absolute Gasteiger partial charge is 0.496 e. The van der Waals surface area contributed by atoms with Gasteiger partial charge in [0.1, 0.15) is 10.8 Å². The zero-order chi connectivity index (χ0) is 20.3. The molecule has 0 radical (unpaired) electrons. The molecule has 1 heterocycles. The Bertz CT molecular complexity index is 1030. The van der Waals surface area contributed by atoms with Crippen LogP contribution in [0, 0.1) is 6.92 Å². The van der Waals surface area contributed by atoms with Crippen molar-refractivity contribution in [3.05, 3.63) is 69.7 Å². The van der Waals surface area contributed by atoms with E-state index in [2.05, 4.69) is 4.98 Å². The van der Waals surface area contributed by atoms with Crippen LogP contribution in [-0.2, 0) is 4.79 Å². The number of carboxylic acids is 1. The maximum atomic E-state index is 11.8. The quantitative estimate of drug-likeness (QED) is 0.632. The number of carbonyl (C=O) groups excluding carboxylic acids is 1. The molecule has 3 N–H and O–H groups in total. The highest BCUT2D eigenvalue weighted by Gasteiger charge is 2.25. The van der Waals surface area contributed by atoms with Crippen LogP contribution in [0.4, 0.5) is 0 Å². The van der Waals surface area contributed by atoms with Gasteiger partial charge in [-0.25, -0.2) is 4.98 Å². The summed E-state index contributed by atoms with van der Waals surface area (Å²) in [6.07, 6.45) is 1.61. The van der Waals surface area contributed by atoms with Gasteiger partial charge in [0.2, 0.25) is 5.91 Å². The number of aliphatic carboxylic acids is 1. The van der Waals surface area contributed by atoms with Gasteiger partial charge in [-0.15, -0.1) is 11.3 Å². The van der Waals surface area contributed by atoms with E-state index in [-0.39, 0.29) is 6.42 Å². The Balaban J connectivity index is 2.17. The highest BCUT2D eigenvalue weighted by atomic mass is 32.1.